The molecule has 0 saturated heterocycles. The molecule has 0 aromatic heterocycles. The molecule has 0 unspecified atom stereocenters. The standard InChI is InChI=1S/C14H19NO3.ClH/c1-12(16)15(13-8-4-2-5-9-13)11-7-3-6-10-14(17)18;/h2,4-5,8-9H,3,6-7,10-11H2,1H3,(H,17,18);1H. The number of para-hydroxylation sites is 1. The Kier molecular flexibility index (Phi) is 8.62. The normalized spacial score (nSPS) is 9.53. The minimum Gasteiger partial charge on any atom is -0.481 e. The highest BCUT2D eigenvalue weighted by molar-refractivity contribution is 5.91. The second-order valence-corrected chi connectivity index (χ2v) is 4.21. The Bertz CT molecular complexity index is 395. The number of nitrogens with zero attached hydrogens (tertiary/aromatic N) is 1. The predicted octanol–water partition coefficient (Wildman–Crippen LogP) is 3.11. The number of hydrogen-bond donors (Lipinski definition) is 1. The largest absolute Gasteiger partial charge is 0.481 e. The lowest BCUT2D eigenvalue weighted by Gasteiger charge is -2.21. The summed E-state index contributed by atoms with van der Waals surface area (Å²) in [6, 6.07) is 9.51. The first-order chi connectivity index (χ1) is 8.61. The Morgan fingerprint density at radius 2 is 1.74 bits per heavy atom. The molecule has 0 spiro atoms. The van der Waals surface area contributed by atoms with E-state index < -0.39 is 5.97 Å². The van der Waals surface area contributed by atoms with Gasteiger partial charge < -0.3 is 10.0 Å². The Hall–Kier alpha value is -1.55. The Balaban J connectivity index is 0.00000324. The quantitative estimate of drug-likeness (QED) is 0.783. The maximum atomic E-state index is 11.5. The summed E-state index contributed by atoms with van der Waals surface area (Å²) >= 11 is 0. The van der Waals surface area contributed by atoms with Crippen molar-refractivity contribution in [3.8, 4) is 0 Å². The molecular weight excluding hydrogens is 266 g/mol. The second-order valence-electron chi connectivity index (χ2n) is 4.21. The van der Waals surface area contributed by atoms with E-state index in [0.717, 1.165) is 18.5 Å². The summed E-state index contributed by atoms with van der Waals surface area (Å²) in [5.41, 5.74) is 0.892. The molecule has 0 radical (unpaired) electrons. The average Bonchev–Trinajstić information content (AvgIpc) is 2.34. The van der Waals surface area contributed by atoms with Crippen LogP contribution in [0.3, 0.4) is 0 Å². The summed E-state index contributed by atoms with van der Waals surface area (Å²) in [5.74, 6) is -0.749. The van der Waals surface area contributed by atoms with Gasteiger partial charge in [-0.25, -0.2) is 0 Å². The minimum absolute atomic E-state index is 0. The van der Waals surface area contributed by atoms with Crippen LogP contribution < -0.4 is 4.90 Å². The van der Waals surface area contributed by atoms with Crippen molar-refractivity contribution in [2.45, 2.75) is 32.6 Å². The fraction of sp³-hybridized carbons (Fsp3) is 0.429. The average molecular weight is 286 g/mol. The maximum Gasteiger partial charge on any atom is 0.303 e. The van der Waals surface area contributed by atoms with Crippen LogP contribution in [0.1, 0.15) is 32.6 Å². The lowest BCUT2D eigenvalue weighted by atomic mass is 10.2. The number of rotatable bonds is 7. The number of carbonyl (C=O) groups excluding carboxylic acids is 1. The molecule has 0 atom stereocenters. The van der Waals surface area contributed by atoms with Crippen LogP contribution in [0.5, 0.6) is 0 Å². The summed E-state index contributed by atoms with van der Waals surface area (Å²) in [5, 5.41) is 8.52. The first kappa shape index (κ1) is 17.4. The summed E-state index contributed by atoms with van der Waals surface area (Å²) in [7, 11) is 0. The van der Waals surface area contributed by atoms with Gasteiger partial charge in [0.25, 0.3) is 0 Å². The lowest BCUT2D eigenvalue weighted by molar-refractivity contribution is -0.137. The van der Waals surface area contributed by atoms with Crippen LogP contribution in [0.2, 0.25) is 0 Å². The number of halogens is 1. The van der Waals surface area contributed by atoms with Crippen molar-refractivity contribution in [3.05, 3.63) is 30.3 Å². The van der Waals surface area contributed by atoms with Gasteiger partial charge >= 0.3 is 5.97 Å². The summed E-state index contributed by atoms with van der Waals surface area (Å²) in [4.78, 5) is 23.6. The summed E-state index contributed by atoms with van der Waals surface area (Å²) in [6.07, 6.45) is 2.51. The predicted molar refractivity (Wildman–Crippen MR) is 77.8 cm³/mol. The van der Waals surface area contributed by atoms with E-state index in [4.69, 9.17) is 5.11 Å². The fourth-order valence-corrected chi connectivity index (χ4v) is 1.80. The molecular formula is C14H20ClNO3. The van der Waals surface area contributed by atoms with Crippen LogP contribution in [0.25, 0.3) is 0 Å². The van der Waals surface area contributed by atoms with E-state index in [-0.39, 0.29) is 24.7 Å². The number of carboxylic acid groups (broad SMARTS) is 1. The van der Waals surface area contributed by atoms with E-state index in [2.05, 4.69) is 0 Å². The smallest absolute Gasteiger partial charge is 0.303 e. The molecule has 0 heterocycles. The molecule has 0 aliphatic rings. The van der Waals surface area contributed by atoms with Crippen LogP contribution in [0.15, 0.2) is 30.3 Å². The van der Waals surface area contributed by atoms with Crippen molar-refractivity contribution in [1.29, 1.82) is 0 Å². The fourth-order valence-electron chi connectivity index (χ4n) is 1.80. The molecule has 1 N–H and O–H groups in total. The third-order valence-electron chi connectivity index (χ3n) is 2.72. The molecule has 1 amide bonds. The van der Waals surface area contributed by atoms with Crippen LogP contribution in [-0.2, 0) is 9.59 Å². The zero-order valence-corrected chi connectivity index (χ0v) is 11.9. The van der Waals surface area contributed by atoms with Crippen LogP contribution in [0.4, 0.5) is 5.69 Å². The molecule has 0 bridgehead atoms. The van der Waals surface area contributed by atoms with Gasteiger partial charge in [-0.2, -0.15) is 0 Å². The molecule has 1 aromatic carbocycles. The van der Waals surface area contributed by atoms with Crippen molar-refractivity contribution in [3.63, 3.8) is 0 Å². The highest BCUT2D eigenvalue weighted by Gasteiger charge is 2.10. The zero-order valence-electron chi connectivity index (χ0n) is 11.0. The van der Waals surface area contributed by atoms with Gasteiger partial charge in [0.2, 0.25) is 5.91 Å². The SMILES string of the molecule is CC(=O)N(CCCCCC(=O)O)c1ccccc1.Cl. The molecule has 106 valence electrons. The highest BCUT2D eigenvalue weighted by Crippen LogP contribution is 2.14. The number of carbonyl (C=O) groups is 2. The van der Waals surface area contributed by atoms with Gasteiger partial charge in [0.05, 0.1) is 0 Å². The molecule has 4 nitrogen and oxygen atoms in total. The molecule has 0 saturated carbocycles. The number of carboxylic acids is 1. The number of unbranched alkanes of at least 4 members (excludes halogenated alkanes) is 2. The molecule has 0 aliphatic heterocycles. The van der Waals surface area contributed by atoms with Crippen LogP contribution >= 0.6 is 12.4 Å². The lowest BCUT2D eigenvalue weighted by Crippen LogP contribution is -2.29. The third-order valence-corrected chi connectivity index (χ3v) is 2.72. The van der Waals surface area contributed by atoms with Gasteiger partial charge in [-0.05, 0) is 25.0 Å². The van der Waals surface area contributed by atoms with Crippen molar-refractivity contribution in [2.24, 2.45) is 0 Å². The van der Waals surface area contributed by atoms with Crippen LogP contribution in [-0.4, -0.2) is 23.5 Å². The Morgan fingerprint density at radius 3 is 2.26 bits per heavy atom. The third kappa shape index (κ3) is 6.82. The first-order valence-electron chi connectivity index (χ1n) is 6.16. The van der Waals surface area contributed by atoms with E-state index in [1.165, 1.54) is 0 Å². The van der Waals surface area contributed by atoms with Gasteiger partial charge in [-0.1, -0.05) is 24.6 Å². The second kappa shape index (κ2) is 9.39. The number of benzene rings is 1. The molecule has 1 rings (SSSR count). The van der Waals surface area contributed by atoms with Gasteiger partial charge in [0.1, 0.15) is 0 Å². The van der Waals surface area contributed by atoms with Gasteiger partial charge in [0.15, 0.2) is 0 Å². The van der Waals surface area contributed by atoms with Crippen LogP contribution in [0, 0.1) is 0 Å². The zero-order chi connectivity index (χ0) is 13.4. The molecule has 1 aromatic rings. The van der Waals surface area contributed by atoms with E-state index in [9.17, 15) is 9.59 Å². The van der Waals surface area contributed by atoms with Crippen molar-refractivity contribution >= 4 is 30.0 Å². The molecule has 0 aliphatic carbocycles. The van der Waals surface area contributed by atoms with Crippen molar-refractivity contribution in [1.82, 2.24) is 0 Å². The molecule has 5 heteroatoms. The topological polar surface area (TPSA) is 57.6 Å². The number of hydrogen-bond acceptors (Lipinski definition) is 2. The van der Waals surface area contributed by atoms with Gasteiger partial charge in [-0.15, -0.1) is 12.4 Å². The first-order valence-corrected chi connectivity index (χ1v) is 6.16. The maximum absolute atomic E-state index is 11.5. The van der Waals surface area contributed by atoms with Gasteiger partial charge in [0, 0.05) is 25.6 Å². The van der Waals surface area contributed by atoms with E-state index >= 15 is 0 Å². The molecule has 0 fully saturated rings. The van der Waals surface area contributed by atoms with E-state index in [1.54, 1.807) is 11.8 Å². The van der Waals surface area contributed by atoms with Crippen molar-refractivity contribution < 1.29 is 14.7 Å². The number of aliphatic carboxylic acids is 1. The minimum atomic E-state index is -0.763. The Morgan fingerprint density at radius 1 is 1.11 bits per heavy atom. The Labute approximate surface area is 119 Å². The van der Waals surface area contributed by atoms with E-state index in [0.29, 0.717) is 13.0 Å². The monoisotopic (exact) mass is 285 g/mol. The van der Waals surface area contributed by atoms with E-state index in [1.807, 2.05) is 30.3 Å². The number of anilines is 1. The molecule has 19 heavy (non-hydrogen) atoms. The summed E-state index contributed by atoms with van der Waals surface area (Å²) < 4.78 is 0. The summed E-state index contributed by atoms with van der Waals surface area (Å²) in [6.45, 7) is 2.18. The van der Waals surface area contributed by atoms with Crippen molar-refractivity contribution in [2.75, 3.05) is 11.4 Å². The van der Waals surface area contributed by atoms with Gasteiger partial charge in [-0.3, -0.25) is 9.59 Å². The number of amides is 1. The highest BCUT2D eigenvalue weighted by atomic mass is 35.5.